The van der Waals surface area contributed by atoms with E-state index in [9.17, 15) is 19.5 Å². The fourth-order valence-corrected chi connectivity index (χ4v) is 4.27. The number of alkyl carbamates (subject to hydrolysis) is 1. The van der Waals surface area contributed by atoms with E-state index in [2.05, 4.69) is 10.6 Å². The molecule has 38 heavy (non-hydrogen) atoms. The molecule has 0 aliphatic rings. The predicted molar refractivity (Wildman–Crippen MR) is 150 cm³/mol. The van der Waals surface area contributed by atoms with Gasteiger partial charge in [-0.1, -0.05) is 49.6 Å². The zero-order valence-corrected chi connectivity index (χ0v) is 24.1. The molecule has 2 aromatic carbocycles. The second-order valence-electron chi connectivity index (χ2n) is 10.5. The van der Waals surface area contributed by atoms with Crippen LogP contribution in [0.25, 0.3) is 0 Å². The SMILES string of the molecule is CCCCCN(C(=O)C(C)NC(=O)OC(C)(C)C)C(C(=O)Nc1c(C)cccc1Cl)c1ccc(O)c(C)c1. The monoisotopic (exact) mass is 545 g/mol. The van der Waals surface area contributed by atoms with E-state index in [1.165, 1.54) is 11.0 Å². The summed E-state index contributed by atoms with van der Waals surface area (Å²) in [7, 11) is 0. The highest BCUT2D eigenvalue weighted by Crippen LogP contribution is 2.31. The second-order valence-corrected chi connectivity index (χ2v) is 10.9. The molecule has 3 amide bonds. The van der Waals surface area contributed by atoms with Gasteiger partial charge in [0.1, 0.15) is 23.4 Å². The van der Waals surface area contributed by atoms with Crippen LogP contribution in [-0.4, -0.2) is 46.1 Å². The second kappa shape index (κ2) is 13.5. The number of hydrogen-bond donors (Lipinski definition) is 3. The van der Waals surface area contributed by atoms with E-state index < -0.39 is 35.6 Å². The summed E-state index contributed by atoms with van der Waals surface area (Å²) < 4.78 is 5.32. The van der Waals surface area contributed by atoms with Gasteiger partial charge in [-0.2, -0.15) is 0 Å². The van der Waals surface area contributed by atoms with Crippen molar-refractivity contribution in [2.24, 2.45) is 0 Å². The van der Waals surface area contributed by atoms with Gasteiger partial charge >= 0.3 is 6.09 Å². The molecule has 3 N–H and O–H groups in total. The van der Waals surface area contributed by atoms with Crippen molar-refractivity contribution in [1.29, 1.82) is 0 Å². The lowest BCUT2D eigenvalue weighted by molar-refractivity contribution is -0.140. The van der Waals surface area contributed by atoms with Crippen LogP contribution >= 0.6 is 11.6 Å². The number of aromatic hydroxyl groups is 1. The Morgan fingerprint density at radius 3 is 2.34 bits per heavy atom. The maximum atomic E-state index is 13.9. The number of unbranched alkanes of at least 4 members (excludes halogenated alkanes) is 2. The Hall–Kier alpha value is -3.26. The third-order valence-electron chi connectivity index (χ3n) is 5.96. The van der Waals surface area contributed by atoms with E-state index in [1.807, 2.05) is 19.9 Å². The standard InChI is InChI=1S/C29H40ClN3O5/c1-8-9-10-16-33(27(36)20(4)31-28(37)38-29(5,6)7)25(21-14-15-23(34)19(3)17-21)26(35)32-24-18(2)12-11-13-22(24)30/h11-15,17,20,25,34H,8-10,16H2,1-7H3,(H,31,37)(H,32,35). The zero-order chi connectivity index (χ0) is 28.6. The molecule has 2 rings (SSSR count). The smallest absolute Gasteiger partial charge is 0.408 e. The number of ether oxygens (including phenoxy) is 1. The van der Waals surface area contributed by atoms with Gasteiger partial charge in [-0.15, -0.1) is 0 Å². The Balaban J connectivity index is 2.51. The van der Waals surface area contributed by atoms with Crippen LogP contribution in [0.1, 0.15) is 76.6 Å². The molecule has 0 saturated heterocycles. The van der Waals surface area contributed by atoms with Crippen molar-refractivity contribution in [3.63, 3.8) is 0 Å². The summed E-state index contributed by atoms with van der Waals surface area (Å²) in [5.41, 5.74) is 1.59. The van der Waals surface area contributed by atoms with E-state index in [0.717, 1.165) is 18.4 Å². The number of rotatable bonds is 10. The highest BCUT2D eigenvalue weighted by atomic mass is 35.5. The first-order valence-corrected chi connectivity index (χ1v) is 13.3. The predicted octanol–water partition coefficient (Wildman–Crippen LogP) is 6.27. The number of nitrogens with zero attached hydrogens (tertiary/aromatic N) is 1. The van der Waals surface area contributed by atoms with Gasteiger partial charge in [0.05, 0.1) is 10.7 Å². The molecule has 0 fully saturated rings. The summed E-state index contributed by atoms with van der Waals surface area (Å²) in [6.45, 7) is 12.7. The molecule has 8 nitrogen and oxygen atoms in total. The molecule has 2 atom stereocenters. The Kier molecular flexibility index (Phi) is 11.0. The van der Waals surface area contributed by atoms with Crippen LogP contribution < -0.4 is 10.6 Å². The molecule has 0 radical (unpaired) electrons. The number of aryl methyl sites for hydroxylation is 2. The largest absolute Gasteiger partial charge is 0.508 e. The van der Waals surface area contributed by atoms with E-state index >= 15 is 0 Å². The van der Waals surface area contributed by atoms with Gasteiger partial charge < -0.3 is 25.4 Å². The number of amides is 3. The maximum Gasteiger partial charge on any atom is 0.408 e. The third kappa shape index (κ3) is 8.65. The van der Waals surface area contributed by atoms with Crippen LogP contribution in [0.4, 0.5) is 10.5 Å². The minimum atomic E-state index is -1.04. The maximum absolute atomic E-state index is 13.9. The number of phenols is 1. The Labute approximate surface area is 230 Å². The van der Waals surface area contributed by atoms with E-state index in [4.69, 9.17) is 16.3 Å². The minimum Gasteiger partial charge on any atom is -0.508 e. The van der Waals surface area contributed by atoms with Gasteiger partial charge in [-0.25, -0.2) is 4.79 Å². The Morgan fingerprint density at radius 1 is 1.08 bits per heavy atom. The molecule has 0 aliphatic heterocycles. The summed E-state index contributed by atoms with van der Waals surface area (Å²) in [5, 5.41) is 16.0. The molecular weight excluding hydrogens is 506 g/mol. The molecule has 0 bridgehead atoms. The molecule has 0 heterocycles. The molecule has 0 aromatic heterocycles. The average Bonchev–Trinajstić information content (AvgIpc) is 2.81. The number of nitrogens with one attached hydrogen (secondary N) is 2. The quantitative estimate of drug-likeness (QED) is 0.305. The van der Waals surface area contributed by atoms with Gasteiger partial charge in [0, 0.05) is 6.54 Å². The van der Waals surface area contributed by atoms with Crippen molar-refractivity contribution >= 4 is 35.2 Å². The molecule has 2 aromatic rings. The number of halogens is 1. The van der Waals surface area contributed by atoms with Crippen LogP contribution in [0.5, 0.6) is 5.75 Å². The molecule has 9 heteroatoms. The number of benzene rings is 2. The number of anilines is 1. The van der Waals surface area contributed by atoms with Gasteiger partial charge in [0.15, 0.2) is 0 Å². The minimum absolute atomic E-state index is 0.0821. The normalized spacial score (nSPS) is 12.8. The summed E-state index contributed by atoms with van der Waals surface area (Å²) in [5.74, 6) is -0.812. The van der Waals surface area contributed by atoms with Crippen LogP contribution in [0.3, 0.4) is 0 Å². The fraction of sp³-hybridized carbons (Fsp3) is 0.483. The summed E-state index contributed by atoms with van der Waals surface area (Å²) in [6, 6.07) is 8.11. The molecule has 208 valence electrons. The van der Waals surface area contributed by atoms with E-state index in [-0.39, 0.29) is 12.3 Å². The van der Waals surface area contributed by atoms with Gasteiger partial charge in [0.2, 0.25) is 5.91 Å². The Bertz CT molecular complexity index is 1130. The van der Waals surface area contributed by atoms with Crippen molar-refractivity contribution in [2.75, 3.05) is 11.9 Å². The number of phenolic OH excluding ortho intramolecular Hbond substituents is 1. The molecular formula is C29H40ClN3O5. The first-order chi connectivity index (χ1) is 17.7. The number of carbonyl (C=O) groups excluding carboxylic acids is 3. The topological polar surface area (TPSA) is 108 Å². The summed E-state index contributed by atoms with van der Waals surface area (Å²) in [4.78, 5) is 41.6. The summed E-state index contributed by atoms with van der Waals surface area (Å²) in [6.07, 6.45) is 1.71. The van der Waals surface area contributed by atoms with Crippen molar-refractivity contribution < 1.29 is 24.2 Å². The first kappa shape index (κ1) is 31.0. The Morgan fingerprint density at radius 2 is 1.76 bits per heavy atom. The van der Waals surface area contributed by atoms with Crippen LogP contribution in [0, 0.1) is 13.8 Å². The highest BCUT2D eigenvalue weighted by molar-refractivity contribution is 6.34. The zero-order valence-electron chi connectivity index (χ0n) is 23.4. The summed E-state index contributed by atoms with van der Waals surface area (Å²) >= 11 is 6.39. The number of carbonyl (C=O) groups is 3. The van der Waals surface area contributed by atoms with E-state index in [1.54, 1.807) is 58.9 Å². The van der Waals surface area contributed by atoms with Gasteiger partial charge in [0.25, 0.3) is 5.91 Å². The van der Waals surface area contributed by atoms with Crippen LogP contribution in [-0.2, 0) is 14.3 Å². The number of para-hydroxylation sites is 1. The molecule has 0 aliphatic carbocycles. The van der Waals surface area contributed by atoms with E-state index in [0.29, 0.717) is 28.3 Å². The van der Waals surface area contributed by atoms with Gasteiger partial charge in [-0.3, -0.25) is 9.59 Å². The first-order valence-electron chi connectivity index (χ1n) is 12.9. The lowest BCUT2D eigenvalue weighted by Gasteiger charge is -2.34. The highest BCUT2D eigenvalue weighted by Gasteiger charge is 2.35. The van der Waals surface area contributed by atoms with Crippen molar-refractivity contribution in [3.8, 4) is 5.75 Å². The number of hydrogen-bond acceptors (Lipinski definition) is 5. The molecule has 2 unspecified atom stereocenters. The van der Waals surface area contributed by atoms with Crippen LogP contribution in [0.15, 0.2) is 36.4 Å². The molecule has 0 spiro atoms. The average molecular weight is 546 g/mol. The molecule has 0 saturated carbocycles. The fourth-order valence-electron chi connectivity index (χ4n) is 4.00. The lowest BCUT2D eigenvalue weighted by atomic mass is 9.99. The van der Waals surface area contributed by atoms with Gasteiger partial charge in [-0.05, 0) is 82.9 Å². The van der Waals surface area contributed by atoms with Crippen LogP contribution in [0.2, 0.25) is 5.02 Å². The third-order valence-corrected chi connectivity index (χ3v) is 6.27. The van der Waals surface area contributed by atoms with Crippen molar-refractivity contribution in [3.05, 3.63) is 58.1 Å². The lowest BCUT2D eigenvalue weighted by Crippen LogP contribution is -2.51. The van der Waals surface area contributed by atoms with Crippen molar-refractivity contribution in [1.82, 2.24) is 10.2 Å². The van der Waals surface area contributed by atoms with Crippen molar-refractivity contribution in [2.45, 2.75) is 85.4 Å².